The first-order valence-corrected chi connectivity index (χ1v) is 12.0. The van der Waals surface area contributed by atoms with Gasteiger partial charge in [-0.15, -0.1) is 11.3 Å². The molecule has 2 aliphatic heterocycles. The molecule has 36 heavy (non-hydrogen) atoms. The van der Waals surface area contributed by atoms with Gasteiger partial charge in [-0.05, 0) is 48.4 Å². The molecule has 0 radical (unpaired) electrons. The van der Waals surface area contributed by atoms with Crippen LogP contribution in [0.5, 0.6) is 11.5 Å². The van der Waals surface area contributed by atoms with Gasteiger partial charge in [0, 0.05) is 29.7 Å². The van der Waals surface area contributed by atoms with Gasteiger partial charge in [0.2, 0.25) is 18.6 Å². The molecule has 0 unspecified atom stereocenters. The fraction of sp³-hybridized carbons (Fsp3) is 0.231. The van der Waals surface area contributed by atoms with Crippen molar-refractivity contribution in [3.8, 4) is 11.5 Å². The van der Waals surface area contributed by atoms with Crippen LogP contribution >= 0.6 is 11.3 Å². The second kappa shape index (κ2) is 9.46. The number of thiophene rings is 1. The predicted molar refractivity (Wildman–Crippen MR) is 132 cm³/mol. The number of methoxy groups -OCH3 is 1. The smallest absolute Gasteiger partial charge is 0.341 e. The van der Waals surface area contributed by atoms with Gasteiger partial charge in [-0.1, -0.05) is 12.1 Å². The van der Waals surface area contributed by atoms with Gasteiger partial charge in [0.1, 0.15) is 5.00 Å². The number of carbonyl (C=O) groups is 4. The minimum Gasteiger partial charge on any atom is -0.465 e. The van der Waals surface area contributed by atoms with Crippen LogP contribution in [0.15, 0.2) is 42.5 Å². The van der Waals surface area contributed by atoms with Crippen molar-refractivity contribution in [2.75, 3.05) is 24.1 Å². The molecule has 2 aliphatic rings. The van der Waals surface area contributed by atoms with E-state index in [2.05, 4.69) is 5.32 Å². The van der Waals surface area contributed by atoms with E-state index < -0.39 is 11.9 Å². The van der Waals surface area contributed by atoms with Crippen molar-refractivity contribution in [3.63, 3.8) is 0 Å². The van der Waals surface area contributed by atoms with Crippen molar-refractivity contribution in [2.24, 2.45) is 0 Å². The van der Waals surface area contributed by atoms with E-state index in [0.29, 0.717) is 34.2 Å². The monoisotopic (exact) mass is 506 g/mol. The van der Waals surface area contributed by atoms with Crippen LogP contribution in [0, 0.1) is 6.92 Å². The van der Waals surface area contributed by atoms with Crippen molar-refractivity contribution < 1.29 is 33.4 Å². The summed E-state index contributed by atoms with van der Waals surface area (Å²) in [4.78, 5) is 51.9. The lowest BCUT2D eigenvalue weighted by Gasteiger charge is -2.14. The van der Waals surface area contributed by atoms with Gasteiger partial charge >= 0.3 is 5.97 Å². The maximum Gasteiger partial charge on any atom is 0.341 e. The molecule has 1 aromatic heterocycles. The third-order valence-corrected chi connectivity index (χ3v) is 7.29. The Morgan fingerprint density at radius 3 is 2.56 bits per heavy atom. The van der Waals surface area contributed by atoms with Crippen molar-refractivity contribution >= 4 is 45.7 Å². The van der Waals surface area contributed by atoms with Gasteiger partial charge in [0.25, 0.3) is 5.91 Å². The Bertz CT molecular complexity index is 1400. The molecule has 3 aromatic rings. The third-order valence-electron chi connectivity index (χ3n) is 6.08. The lowest BCUT2D eigenvalue weighted by Crippen LogP contribution is -2.28. The first-order chi connectivity index (χ1) is 17.4. The van der Waals surface area contributed by atoms with Crippen LogP contribution in [0.3, 0.4) is 0 Å². The lowest BCUT2D eigenvalue weighted by atomic mass is 10.1. The highest BCUT2D eigenvalue weighted by atomic mass is 32.1. The molecule has 184 valence electrons. The number of ether oxygens (including phenoxy) is 3. The van der Waals surface area contributed by atoms with E-state index in [1.165, 1.54) is 24.5 Å². The third kappa shape index (κ3) is 4.31. The number of nitrogens with one attached hydrogen (secondary N) is 1. The van der Waals surface area contributed by atoms with E-state index >= 15 is 0 Å². The second-order valence-electron chi connectivity index (χ2n) is 8.34. The van der Waals surface area contributed by atoms with Gasteiger partial charge in [-0.25, -0.2) is 4.79 Å². The van der Waals surface area contributed by atoms with Crippen LogP contribution in [0.1, 0.15) is 49.6 Å². The second-order valence-corrected chi connectivity index (χ2v) is 9.44. The van der Waals surface area contributed by atoms with Crippen LogP contribution in [0.2, 0.25) is 0 Å². The normalized spacial score (nSPS) is 14.3. The standard InChI is InChI=1S/C26H22N2O7S/c1-14-20(11-15-6-7-18-19(10-15)35-13-34-18)36-25(23(14)26(32)33-2)27-24(31)16-4-3-5-17(12-16)28-21(29)8-9-22(28)30/h3-7,10,12H,8-9,11,13H2,1-2H3,(H,27,31). The molecule has 5 rings (SSSR count). The fourth-order valence-corrected chi connectivity index (χ4v) is 5.45. The minimum atomic E-state index is -0.557. The first-order valence-electron chi connectivity index (χ1n) is 11.2. The molecule has 1 saturated heterocycles. The molecule has 0 spiro atoms. The molecule has 1 fully saturated rings. The molecule has 0 aliphatic carbocycles. The van der Waals surface area contributed by atoms with E-state index in [-0.39, 0.29) is 42.6 Å². The SMILES string of the molecule is COC(=O)c1c(NC(=O)c2cccc(N3C(=O)CCC3=O)c2)sc(Cc2ccc3c(c2)OCO3)c1C. The van der Waals surface area contributed by atoms with Crippen LogP contribution in [0.25, 0.3) is 0 Å². The van der Waals surface area contributed by atoms with Gasteiger partial charge in [-0.2, -0.15) is 0 Å². The van der Waals surface area contributed by atoms with E-state index in [0.717, 1.165) is 15.3 Å². The predicted octanol–water partition coefficient (Wildman–Crippen LogP) is 4.07. The molecule has 1 N–H and O–H groups in total. The number of hydrogen-bond donors (Lipinski definition) is 1. The largest absolute Gasteiger partial charge is 0.465 e. The highest BCUT2D eigenvalue weighted by molar-refractivity contribution is 7.17. The zero-order valence-electron chi connectivity index (χ0n) is 19.6. The molecule has 3 heterocycles. The zero-order valence-corrected chi connectivity index (χ0v) is 20.4. The Morgan fingerprint density at radius 2 is 1.81 bits per heavy atom. The van der Waals surface area contributed by atoms with Gasteiger partial charge in [-0.3, -0.25) is 19.3 Å². The maximum absolute atomic E-state index is 13.1. The van der Waals surface area contributed by atoms with E-state index in [1.807, 2.05) is 25.1 Å². The van der Waals surface area contributed by atoms with Crippen LogP contribution in [-0.2, 0) is 20.7 Å². The molecule has 2 aromatic carbocycles. The molecule has 0 saturated carbocycles. The number of nitrogens with zero attached hydrogens (tertiary/aromatic N) is 1. The minimum absolute atomic E-state index is 0.151. The zero-order chi connectivity index (χ0) is 25.4. The average Bonchev–Trinajstić information content (AvgIpc) is 3.56. The summed E-state index contributed by atoms with van der Waals surface area (Å²) in [6, 6.07) is 11.9. The number of hydrogen-bond acceptors (Lipinski definition) is 8. The summed E-state index contributed by atoms with van der Waals surface area (Å²) in [5.41, 5.74) is 2.55. The number of esters is 1. The molecule has 9 nitrogen and oxygen atoms in total. The number of anilines is 2. The van der Waals surface area contributed by atoms with Crippen molar-refractivity contribution in [3.05, 3.63) is 69.6 Å². The first kappa shape index (κ1) is 23.6. The average molecular weight is 507 g/mol. The Kier molecular flexibility index (Phi) is 6.19. The summed E-state index contributed by atoms with van der Waals surface area (Å²) in [5, 5.41) is 3.18. The van der Waals surface area contributed by atoms with Crippen molar-refractivity contribution in [1.82, 2.24) is 0 Å². The van der Waals surface area contributed by atoms with Crippen molar-refractivity contribution in [2.45, 2.75) is 26.2 Å². The highest BCUT2D eigenvalue weighted by Crippen LogP contribution is 2.38. The number of rotatable bonds is 6. The molecular weight excluding hydrogens is 484 g/mol. The van der Waals surface area contributed by atoms with E-state index in [1.54, 1.807) is 18.2 Å². The number of imide groups is 1. The maximum atomic E-state index is 13.1. The Morgan fingerprint density at radius 1 is 1.06 bits per heavy atom. The molecule has 0 atom stereocenters. The van der Waals surface area contributed by atoms with Gasteiger partial charge < -0.3 is 19.5 Å². The summed E-state index contributed by atoms with van der Waals surface area (Å²) in [5.74, 6) is -0.280. The van der Waals surface area contributed by atoms with Crippen LogP contribution in [0.4, 0.5) is 10.7 Å². The van der Waals surface area contributed by atoms with Crippen LogP contribution < -0.4 is 19.7 Å². The number of carbonyl (C=O) groups excluding carboxylic acids is 4. The lowest BCUT2D eigenvalue weighted by molar-refractivity contribution is -0.121. The summed E-state index contributed by atoms with van der Waals surface area (Å²) >= 11 is 1.29. The van der Waals surface area contributed by atoms with Crippen LogP contribution in [-0.4, -0.2) is 37.6 Å². The quantitative estimate of drug-likeness (QED) is 0.396. The van der Waals surface area contributed by atoms with E-state index in [9.17, 15) is 19.2 Å². The molecular formula is C26H22N2O7S. The Labute approximate surface area is 210 Å². The van der Waals surface area contributed by atoms with E-state index in [4.69, 9.17) is 14.2 Å². The van der Waals surface area contributed by atoms with Crippen molar-refractivity contribution in [1.29, 1.82) is 0 Å². The topological polar surface area (TPSA) is 111 Å². The molecule has 3 amide bonds. The highest BCUT2D eigenvalue weighted by Gasteiger charge is 2.31. The number of fused-ring (bicyclic) bond motifs is 1. The fourth-order valence-electron chi connectivity index (χ4n) is 4.23. The Balaban J connectivity index is 1.42. The summed E-state index contributed by atoms with van der Waals surface area (Å²) < 4.78 is 15.8. The summed E-state index contributed by atoms with van der Waals surface area (Å²) in [6.07, 6.45) is 0.818. The van der Waals surface area contributed by atoms with Gasteiger partial charge in [0.05, 0.1) is 18.4 Å². The number of benzene rings is 2. The summed E-state index contributed by atoms with van der Waals surface area (Å²) in [7, 11) is 1.29. The Hall–Kier alpha value is -4.18. The molecule has 0 bridgehead atoms. The number of amides is 3. The molecule has 10 heteroatoms. The van der Waals surface area contributed by atoms with Gasteiger partial charge in [0.15, 0.2) is 11.5 Å². The summed E-state index contributed by atoms with van der Waals surface area (Å²) in [6.45, 7) is 1.99.